The van der Waals surface area contributed by atoms with Crippen LogP contribution in [0.3, 0.4) is 0 Å². The van der Waals surface area contributed by atoms with Gasteiger partial charge in [-0.05, 0) is 25.6 Å². The number of aliphatic hydroxyl groups is 2. The lowest BCUT2D eigenvalue weighted by atomic mass is 10.2. The van der Waals surface area contributed by atoms with E-state index in [0.29, 0.717) is 12.5 Å². The first kappa shape index (κ1) is 18.0. The van der Waals surface area contributed by atoms with Crippen LogP contribution in [0.4, 0.5) is 0 Å². The Bertz CT molecular complexity index is 176. The molecule has 0 saturated carbocycles. The van der Waals surface area contributed by atoms with Gasteiger partial charge in [-0.2, -0.15) is 0 Å². The Balaban J connectivity index is 3.70. The monoisotopic (exact) mass is 281 g/mol. The Morgan fingerprint density at radius 3 is 2.56 bits per heavy atom. The van der Waals surface area contributed by atoms with E-state index in [4.69, 9.17) is 24.1 Å². The maximum absolute atomic E-state index is 8.71. The minimum Gasteiger partial charge on any atom is -0.398 e. The SMILES string of the molecule is CNCC(C)C[SiH2]OC(COCCO)OCCO. The summed E-state index contributed by atoms with van der Waals surface area (Å²) in [6, 6.07) is 1.07. The van der Waals surface area contributed by atoms with Crippen LogP contribution < -0.4 is 5.32 Å². The number of rotatable bonds is 13. The van der Waals surface area contributed by atoms with Crippen LogP contribution in [-0.2, 0) is 13.9 Å². The summed E-state index contributed by atoms with van der Waals surface area (Å²) < 4.78 is 16.2. The zero-order valence-electron chi connectivity index (χ0n) is 11.4. The second kappa shape index (κ2) is 13.4. The highest BCUT2D eigenvalue weighted by Crippen LogP contribution is 2.03. The van der Waals surface area contributed by atoms with Crippen molar-refractivity contribution in [3.8, 4) is 0 Å². The zero-order chi connectivity index (χ0) is 13.6. The summed E-state index contributed by atoms with van der Waals surface area (Å²) in [4.78, 5) is 0. The molecule has 0 bridgehead atoms. The third-order valence-corrected chi connectivity index (χ3v) is 4.18. The Morgan fingerprint density at radius 2 is 1.94 bits per heavy atom. The van der Waals surface area contributed by atoms with E-state index in [1.165, 1.54) is 0 Å². The topological polar surface area (TPSA) is 80.2 Å². The van der Waals surface area contributed by atoms with E-state index in [-0.39, 0.29) is 26.4 Å². The fourth-order valence-corrected chi connectivity index (χ4v) is 2.62. The number of hydrogen-bond donors (Lipinski definition) is 3. The van der Waals surface area contributed by atoms with E-state index in [1.807, 2.05) is 7.05 Å². The largest absolute Gasteiger partial charge is 0.398 e. The number of hydrogen-bond acceptors (Lipinski definition) is 6. The van der Waals surface area contributed by atoms with Gasteiger partial charge in [0, 0.05) is 0 Å². The van der Waals surface area contributed by atoms with Crippen LogP contribution in [0.5, 0.6) is 0 Å². The molecule has 0 rings (SSSR count). The van der Waals surface area contributed by atoms with Gasteiger partial charge in [0.25, 0.3) is 0 Å². The normalized spacial score (nSPS) is 15.3. The van der Waals surface area contributed by atoms with Gasteiger partial charge in [-0.3, -0.25) is 0 Å². The van der Waals surface area contributed by atoms with Gasteiger partial charge >= 0.3 is 0 Å². The van der Waals surface area contributed by atoms with Crippen LogP contribution in [0.25, 0.3) is 0 Å². The molecule has 0 spiro atoms. The lowest BCUT2D eigenvalue weighted by Gasteiger charge is -2.19. The zero-order valence-corrected chi connectivity index (χ0v) is 12.8. The molecule has 18 heavy (non-hydrogen) atoms. The summed E-state index contributed by atoms with van der Waals surface area (Å²) in [6.45, 7) is 3.95. The molecule has 0 amide bonds. The molecule has 0 aliphatic carbocycles. The third-order valence-electron chi connectivity index (χ3n) is 2.35. The van der Waals surface area contributed by atoms with E-state index < -0.39 is 16.1 Å². The average molecular weight is 281 g/mol. The van der Waals surface area contributed by atoms with Crippen molar-refractivity contribution in [1.29, 1.82) is 0 Å². The number of aliphatic hydroxyl groups excluding tert-OH is 2. The Hall–Kier alpha value is -0.0231. The summed E-state index contributed by atoms with van der Waals surface area (Å²) in [5.74, 6) is 0.596. The lowest BCUT2D eigenvalue weighted by Crippen LogP contribution is -2.28. The van der Waals surface area contributed by atoms with Crippen molar-refractivity contribution in [2.24, 2.45) is 5.92 Å². The summed E-state index contributed by atoms with van der Waals surface area (Å²) in [7, 11) is 1.28. The molecule has 0 fully saturated rings. The molecule has 0 aliphatic heterocycles. The second-order valence-corrected chi connectivity index (χ2v) is 5.46. The van der Waals surface area contributed by atoms with Crippen molar-refractivity contribution in [3.05, 3.63) is 0 Å². The molecule has 0 aliphatic rings. The molecule has 0 aromatic carbocycles. The van der Waals surface area contributed by atoms with Gasteiger partial charge < -0.3 is 29.4 Å². The summed E-state index contributed by atoms with van der Waals surface area (Å²) in [6.07, 6.45) is -0.419. The van der Waals surface area contributed by atoms with Crippen molar-refractivity contribution < 1.29 is 24.1 Å². The van der Waals surface area contributed by atoms with Gasteiger partial charge in [-0.25, -0.2) is 0 Å². The molecule has 2 unspecified atom stereocenters. The highest BCUT2D eigenvalue weighted by atomic mass is 28.2. The van der Waals surface area contributed by atoms with E-state index in [9.17, 15) is 0 Å². The van der Waals surface area contributed by atoms with E-state index >= 15 is 0 Å². The molecule has 0 aromatic heterocycles. The van der Waals surface area contributed by atoms with E-state index in [2.05, 4.69) is 12.2 Å². The molecule has 0 saturated heterocycles. The number of ether oxygens (including phenoxy) is 2. The first-order valence-electron chi connectivity index (χ1n) is 6.41. The van der Waals surface area contributed by atoms with E-state index in [1.54, 1.807) is 0 Å². The van der Waals surface area contributed by atoms with Crippen LogP contribution in [-0.4, -0.2) is 72.9 Å². The predicted molar refractivity (Wildman–Crippen MR) is 72.3 cm³/mol. The van der Waals surface area contributed by atoms with Gasteiger partial charge in [-0.1, -0.05) is 6.92 Å². The van der Waals surface area contributed by atoms with Gasteiger partial charge in [0.05, 0.1) is 33.0 Å². The molecule has 7 heteroatoms. The molecule has 110 valence electrons. The Kier molecular flexibility index (Phi) is 13.4. The predicted octanol–water partition coefficient (Wildman–Crippen LogP) is -1.30. The molecule has 3 N–H and O–H groups in total. The maximum atomic E-state index is 8.71. The van der Waals surface area contributed by atoms with Crippen LogP contribution >= 0.6 is 0 Å². The minimum absolute atomic E-state index is 0.0106. The molecule has 6 nitrogen and oxygen atoms in total. The molecule has 0 aromatic rings. The lowest BCUT2D eigenvalue weighted by molar-refractivity contribution is -0.129. The van der Waals surface area contributed by atoms with Gasteiger partial charge in [-0.15, -0.1) is 0 Å². The standard InChI is InChI=1S/C11H27NO5Si/c1-10(7-12-2)9-18-17-11(16-6-4-14)8-15-5-3-13/h10-14H,3-9,18H2,1-2H3. The van der Waals surface area contributed by atoms with Crippen LogP contribution in [0.2, 0.25) is 6.04 Å². The molecule has 0 radical (unpaired) electrons. The van der Waals surface area contributed by atoms with Crippen molar-refractivity contribution in [3.63, 3.8) is 0 Å². The highest BCUT2D eigenvalue weighted by Gasteiger charge is 2.10. The van der Waals surface area contributed by atoms with Crippen molar-refractivity contribution in [2.75, 3.05) is 46.6 Å². The Labute approximate surface area is 112 Å². The summed E-state index contributed by atoms with van der Waals surface area (Å²) in [5, 5.41) is 20.5. The van der Waals surface area contributed by atoms with Crippen LogP contribution in [0.1, 0.15) is 6.92 Å². The summed E-state index contributed by atoms with van der Waals surface area (Å²) >= 11 is 0. The fraction of sp³-hybridized carbons (Fsp3) is 1.00. The van der Waals surface area contributed by atoms with Gasteiger partial charge in [0.1, 0.15) is 0 Å². The van der Waals surface area contributed by atoms with Crippen LogP contribution in [0.15, 0.2) is 0 Å². The molecular weight excluding hydrogens is 254 g/mol. The van der Waals surface area contributed by atoms with Crippen molar-refractivity contribution in [1.82, 2.24) is 5.32 Å². The van der Waals surface area contributed by atoms with Gasteiger partial charge in [0.2, 0.25) is 0 Å². The summed E-state index contributed by atoms with van der Waals surface area (Å²) in [5.41, 5.74) is 0. The van der Waals surface area contributed by atoms with Crippen LogP contribution in [0, 0.1) is 5.92 Å². The molecule has 2 atom stereocenters. The smallest absolute Gasteiger partial charge is 0.171 e. The maximum Gasteiger partial charge on any atom is 0.171 e. The van der Waals surface area contributed by atoms with E-state index in [0.717, 1.165) is 12.6 Å². The quantitative estimate of drug-likeness (QED) is 0.221. The minimum atomic E-state index is -0.655. The second-order valence-electron chi connectivity index (χ2n) is 4.14. The van der Waals surface area contributed by atoms with Crippen molar-refractivity contribution in [2.45, 2.75) is 19.3 Å². The fourth-order valence-electron chi connectivity index (χ4n) is 1.42. The molecule has 0 heterocycles. The molecular formula is C11H27NO5Si. The first-order valence-corrected chi connectivity index (χ1v) is 7.99. The first-order chi connectivity index (χ1) is 8.74. The Morgan fingerprint density at radius 1 is 1.22 bits per heavy atom. The van der Waals surface area contributed by atoms with Gasteiger partial charge in [0.15, 0.2) is 16.1 Å². The van der Waals surface area contributed by atoms with Crippen molar-refractivity contribution >= 4 is 9.76 Å². The number of nitrogens with one attached hydrogen (secondary N) is 1. The third kappa shape index (κ3) is 11.1. The highest BCUT2D eigenvalue weighted by molar-refractivity contribution is 6.27. The average Bonchev–Trinajstić information content (AvgIpc) is 2.36.